The predicted molar refractivity (Wildman–Crippen MR) is 84.9 cm³/mol. The minimum absolute atomic E-state index is 0.254. The second kappa shape index (κ2) is 5.75. The van der Waals surface area contributed by atoms with Crippen LogP contribution in [0, 0.1) is 0 Å². The molecule has 3 rings (SSSR count). The number of fused-ring (bicyclic) bond motifs is 1. The van der Waals surface area contributed by atoms with Crippen molar-refractivity contribution in [3.8, 4) is 0 Å². The summed E-state index contributed by atoms with van der Waals surface area (Å²) in [5, 5.41) is 6.69. The van der Waals surface area contributed by atoms with Crippen molar-refractivity contribution in [3.05, 3.63) is 46.6 Å². The van der Waals surface area contributed by atoms with Crippen molar-refractivity contribution >= 4 is 44.7 Å². The van der Waals surface area contributed by atoms with Crippen LogP contribution in [0.15, 0.2) is 36.4 Å². The van der Waals surface area contributed by atoms with E-state index in [1.807, 2.05) is 43.4 Å². The van der Waals surface area contributed by atoms with Crippen molar-refractivity contribution in [2.24, 2.45) is 0 Å². The van der Waals surface area contributed by atoms with Crippen molar-refractivity contribution in [1.82, 2.24) is 15.3 Å². The van der Waals surface area contributed by atoms with Crippen molar-refractivity contribution in [2.75, 3.05) is 12.4 Å². The maximum Gasteiger partial charge on any atom is 0.224 e. The molecule has 0 radical (unpaired) electrons. The number of anilines is 2. The molecule has 0 spiro atoms. The molecule has 2 heterocycles. The fourth-order valence-electron chi connectivity index (χ4n) is 1.96. The lowest BCUT2D eigenvalue weighted by molar-refractivity contribution is 0.832. The zero-order chi connectivity index (χ0) is 13.9. The fourth-order valence-corrected chi connectivity index (χ4v) is 3.18. The molecular formula is C14H13ClN4S. The molecule has 0 amide bonds. The van der Waals surface area contributed by atoms with E-state index in [1.165, 1.54) is 4.88 Å². The van der Waals surface area contributed by atoms with Gasteiger partial charge in [-0.25, -0.2) is 4.98 Å². The minimum atomic E-state index is 0.254. The number of aromatic nitrogens is 2. The number of hydrogen-bond acceptors (Lipinski definition) is 5. The summed E-state index contributed by atoms with van der Waals surface area (Å²) < 4.78 is 1.02. The Morgan fingerprint density at radius 1 is 1.20 bits per heavy atom. The Morgan fingerprint density at radius 3 is 2.75 bits per heavy atom. The average molecular weight is 305 g/mol. The molecule has 2 aromatic heterocycles. The largest absolute Gasteiger partial charge is 0.339 e. The number of halogens is 1. The molecule has 4 nitrogen and oxygen atoms in total. The highest BCUT2D eigenvalue weighted by molar-refractivity contribution is 7.19. The number of thiophene rings is 1. The van der Waals surface area contributed by atoms with Crippen molar-refractivity contribution in [1.29, 1.82) is 0 Å². The van der Waals surface area contributed by atoms with E-state index in [1.54, 1.807) is 11.3 Å². The molecule has 0 atom stereocenters. The Kier molecular flexibility index (Phi) is 3.82. The Hall–Kier alpha value is -1.69. The summed E-state index contributed by atoms with van der Waals surface area (Å²) in [5.41, 5.74) is 1.85. The summed E-state index contributed by atoms with van der Waals surface area (Å²) >= 11 is 7.67. The van der Waals surface area contributed by atoms with E-state index < -0.39 is 0 Å². The quantitative estimate of drug-likeness (QED) is 0.720. The van der Waals surface area contributed by atoms with Crippen molar-refractivity contribution in [2.45, 2.75) is 6.54 Å². The van der Waals surface area contributed by atoms with Gasteiger partial charge in [0.1, 0.15) is 0 Å². The fraction of sp³-hybridized carbons (Fsp3) is 0.143. The van der Waals surface area contributed by atoms with Crippen LogP contribution in [-0.4, -0.2) is 17.0 Å². The SMILES string of the molecule is CNCc1cc2nc(Cl)nc(Nc3ccccc3)c2s1. The van der Waals surface area contributed by atoms with Crippen LogP contribution in [0.1, 0.15) is 4.88 Å². The molecule has 0 bridgehead atoms. The molecule has 6 heteroatoms. The van der Waals surface area contributed by atoms with Gasteiger partial charge in [-0.1, -0.05) is 18.2 Å². The van der Waals surface area contributed by atoms with Gasteiger partial charge in [0.05, 0.1) is 10.2 Å². The van der Waals surface area contributed by atoms with Crippen LogP contribution in [-0.2, 0) is 6.54 Å². The smallest absolute Gasteiger partial charge is 0.224 e. The third kappa shape index (κ3) is 2.75. The number of benzene rings is 1. The summed E-state index contributed by atoms with van der Waals surface area (Å²) in [6.07, 6.45) is 0. The maximum absolute atomic E-state index is 6.00. The summed E-state index contributed by atoms with van der Waals surface area (Å²) in [7, 11) is 1.92. The van der Waals surface area contributed by atoms with E-state index in [-0.39, 0.29) is 5.28 Å². The summed E-state index contributed by atoms with van der Waals surface area (Å²) in [4.78, 5) is 9.78. The summed E-state index contributed by atoms with van der Waals surface area (Å²) in [5.74, 6) is 0.749. The zero-order valence-electron chi connectivity index (χ0n) is 10.9. The Bertz CT molecular complexity index is 727. The highest BCUT2D eigenvalue weighted by Gasteiger charge is 2.11. The van der Waals surface area contributed by atoms with E-state index in [0.717, 1.165) is 28.3 Å². The van der Waals surface area contributed by atoms with Gasteiger partial charge in [0, 0.05) is 17.1 Å². The highest BCUT2D eigenvalue weighted by atomic mass is 35.5. The monoisotopic (exact) mass is 304 g/mol. The van der Waals surface area contributed by atoms with E-state index in [2.05, 4.69) is 20.6 Å². The first-order chi connectivity index (χ1) is 9.76. The van der Waals surface area contributed by atoms with Crippen molar-refractivity contribution < 1.29 is 0 Å². The topological polar surface area (TPSA) is 49.8 Å². The van der Waals surface area contributed by atoms with Crippen molar-refractivity contribution in [3.63, 3.8) is 0 Å². The second-order valence-electron chi connectivity index (χ2n) is 4.29. The van der Waals surface area contributed by atoms with Gasteiger partial charge in [0.25, 0.3) is 0 Å². The third-order valence-corrected chi connectivity index (χ3v) is 4.08. The first kappa shape index (κ1) is 13.3. The number of hydrogen-bond donors (Lipinski definition) is 2. The van der Waals surface area contributed by atoms with E-state index in [0.29, 0.717) is 0 Å². The molecule has 0 aliphatic carbocycles. The van der Waals surface area contributed by atoms with Crippen LogP contribution >= 0.6 is 22.9 Å². The molecule has 20 heavy (non-hydrogen) atoms. The molecule has 3 aromatic rings. The average Bonchev–Trinajstić information content (AvgIpc) is 2.83. The van der Waals surface area contributed by atoms with E-state index in [9.17, 15) is 0 Å². The minimum Gasteiger partial charge on any atom is -0.339 e. The predicted octanol–water partition coefficient (Wildman–Crippen LogP) is 3.81. The summed E-state index contributed by atoms with van der Waals surface area (Å²) in [6.45, 7) is 0.809. The number of rotatable bonds is 4. The van der Waals surface area contributed by atoms with Gasteiger partial charge in [-0.15, -0.1) is 11.3 Å². The Morgan fingerprint density at radius 2 is 2.00 bits per heavy atom. The lowest BCUT2D eigenvalue weighted by Gasteiger charge is -2.06. The van der Waals surface area contributed by atoms with Crippen LogP contribution < -0.4 is 10.6 Å². The molecule has 0 fully saturated rings. The molecule has 2 N–H and O–H groups in total. The van der Waals surface area contributed by atoms with Gasteiger partial charge in [0.2, 0.25) is 5.28 Å². The normalized spacial score (nSPS) is 10.9. The Balaban J connectivity index is 2.04. The molecule has 1 aromatic carbocycles. The van der Waals surface area contributed by atoms with Crippen LogP contribution in [0.2, 0.25) is 5.28 Å². The van der Waals surface area contributed by atoms with Crippen LogP contribution in [0.3, 0.4) is 0 Å². The molecule has 0 aliphatic rings. The van der Waals surface area contributed by atoms with Gasteiger partial charge in [-0.05, 0) is 36.8 Å². The first-order valence-electron chi connectivity index (χ1n) is 6.19. The van der Waals surface area contributed by atoms with Gasteiger partial charge in [0.15, 0.2) is 5.82 Å². The number of nitrogens with zero attached hydrogens (tertiary/aromatic N) is 2. The maximum atomic E-state index is 6.00. The van der Waals surface area contributed by atoms with Gasteiger partial charge in [-0.2, -0.15) is 4.98 Å². The van der Waals surface area contributed by atoms with Gasteiger partial charge < -0.3 is 10.6 Å². The lowest BCUT2D eigenvalue weighted by atomic mass is 10.3. The van der Waals surface area contributed by atoms with E-state index >= 15 is 0 Å². The lowest BCUT2D eigenvalue weighted by Crippen LogP contribution is -2.02. The molecule has 0 unspecified atom stereocenters. The zero-order valence-corrected chi connectivity index (χ0v) is 12.4. The highest BCUT2D eigenvalue weighted by Crippen LogP contribution is 2.32. The number of nitrogens with one attached hydrogen (secondary N) is 2. The van der Waals surface area contributed by atoms with Gasteiger partial charge >= 0.3 is 0 Å². The standard InChI is InChI=1S/C14H13ClN4S/c1-16-8-10-7-11-12(20-10)13(19-14(15)18-11)17-9-5-3-2-4-6-9/h2-7,16H,8H2,1H3,(H,17,18,19). The van der Waals surface area contributed by atoms with E-state index in [4.69, 9.17) is 11.6 Å². The molecule has 0 saturated heterocycles. The molecule has 0 saturated carbocycles. The summed E-state index contributed by atoms with van der Waals surface area (Å²) in [6, 6.07) is 11.9. The molecular weight excluding hydrogens is 292 g/mol. The van der Waals surface area contributed by atoms with Crippen LogP contribution in [0.25, 0.3) is 10.2 Å². The van der Waals surface area contributed by atoms with Crippen LogP contribution in [0.5, 0.6) is 0 Å². The molecule has 0 aliphatic heterocycles. The second-order valence-corrected chi connectivity index (χ2v) is 5.76. The molecule has 102 valence electrons. The number of para-hydroxylation sites is 1. The Labute approximate surface area is 125 Å². The first-order valence-corrected chi connectivity index (χ1v) is 7.38. The van der Waals surface area contributed by atoms with Crippen LogP contribution in [0.4, 0.5) is 11.5 Å². The van der Waals surface area contributed by atoms with Gasteiger partial charge in [-0.3, -0.25) is 0 Å². The third-order valence-electron chi connectivity index (χ3n) is 2.78.